The zero-order valence-electron chi connectivity index (χ0n) is 8.08. The van der Waals surface area contributed by atoms with Gasteiger partial charge in [-0.2, -0.15) is 0 Å². The minimum Gasteiger partial charge on any atom is -0.394 e. The van der Waals surface area contributed by atoms with Gasteiger partial charge in [-0.25, -0.2) is 8.42 Å². The van der Waals surface area contributed by atoms with E-state index in [4.69, 9.17) is 5.11 Å². The van der Waals surface area contributed by atoms with Gasteiger partial charge in [-0.05, 0) is 20.3 Å². The summed E-state index contributed by atoms with van der Waals surface area (Å²) in [7, 11) is -2.82. The summed E-state index contributed by atoms with van der Waals surface area (Å²) in [6.07, 6.45) is 0.658. The summed E-state index contributed by atoms with van der Waals surface area (Å²) in [5.41, 5.74) is -0.384. The van der Waals surface area contributed by atoms with Crippen LogP contribution in [0, 0.1) is 0 Å². The number of aliphatic hydroxyl groups excluding tert-OH is 1. The second kappa shape index (κ2) is 3.55. The molecule has 0 spiro atoms. The van der Waals surface area contributed by atoms with Gasteiger partial charge in [0.2, 0.25) is 0 Å². The van der Waals surface area contributed by atoms with Gasteiger partial charge in [-0.1, -0.05) is 0 Å². The summed E-state index contributed by atoms with van der Waals surface area (Å²) in [5.74, 6) is 0.475. The fourth-order valence-electron chi connectivity index (χ4n) is 1.51. The van der Waals surface area contributed by atoms with Crippen LogP contribution in [0.3, 0.4) is 0 Å². The Bertz CT molecular complexity index is 271. The lowest BCUT2D eigenvalue weighted by Gasteiger charge is -2.27. The number of hydrogen-bond acceptors (Lipinski definition) is 4. The molecule has 5 heteroatoms. The van der Waals surface area contributed by atoms with E-state index in [0.717, 1.165) is 0 Å². The van der Waals surface area contributed by atoms with Gasteiger partial charge < -0.3 is 10.4 Å². The average molecular weight is 207 g/mol. The molecule has 1 saturated heterocycles. The molecule has 0 aliphatic carbocycles. The molecule has 0 aromatic rings. The summed E-state index contributed by atoms with van der Waals surface area (Å²) in [6.45, 7) is 3.74. The Morgan fingerprint density at radius 2 is 2.15 bits per heavy atom. The molecule has 0 radical (unpaired) electrons. The van der Waals surface area contributed by atoms with E-state index in [1.165, 1.54) is 0 Å². The predicted octanol–water partition coefficient (Wildman–Crippen LogP) is -0.466. The van der Waals surface area contributed by atoms with Gasteiger partial charge in [0.25, 0.3) is 0 Å². The highest BCUT2D eigenvalue weighted by molar-refractivity contribution is 7.91. The van der Waals surface area contributed by atoms with Gasteiger partial charge in [0.15, 0.2) is 9.84 Å². The molecule has 0 bridgehead atoms. The van der Waals surface area contributed by atoms with Crippen molar-refractivity contribution >= 4 is 9.84 Å². The lowest BCUT2D eigenvalue weighted by molar-refractivity contribution is 0.178. The highest BCUT2D eigenvalue weighted by Crippen LogP contribution is 2.14. The Morgan fingerprint density at radius 3 is 2.54 bits per heavy atom. The summed E-state index contributed by atoms with van der Waals surface area (Å²) in [6, 6.07) is 0.00662. The maximum absolute atomic E-state index is 11.1. The minimum absolute atomic E-state index is 0.00662. The maximum Gasteiger partial charge on any atom is 0.151 e. The van der Waals surface area contributed by atoms with Gasteiger partial charge in [-0.3, -0.25) is 0 Å². The molecular weight excluding hydrogens is 190 g/mol. The van der Waals surface area contributed by atoms with Crippen LogP contribution in [0.25, 0.3) is 0 Å². The molecule has 13 heavy (non-hydrogen) atoms. The van der Waals surface area contributed by atoms with Crippen molar-refractivity contribution in [2.75, 3.05) is 18.1 Å². The average Bonchev–Trinajstić information content (AvgIpc) is 2.29. The molecule has 4 nitrogen and oxygen atoms in total. The van der Waals surface area contributed by atoms with Crippen LogP contribution in [0.1, 0.15) is 20.3 Å². The van der Waals surface area contributed by atoms with E-state index < -0.39 is 9.84 Å². The van der Waals surface area contributed by atoms with E-state index in [9.17, 15) is 8.42 Å². The van der Waals surface area contributed by atoms with E-state index in [0.29, 0.717) is 6.42 Å². The molecule has 0 aromatic heterocycles. The Hall–Kier alpha value is -0.130. The van der Waals surface area contributed by atoms with Crippen LogP contribution in [-0.2, 0) is 9.84 Å². The molecule has 0 aromatic carbocycles. The van der Waals surface area contributed by atoms with Crippen molar-refractivity contribution in [2.45, 2.75) is 31.8 Å². The third-order valence-corrected chi connectivity index (χ3v) is 3.99. The van der Waals surface area contributed by atoms with Crippen LogP contribution in [0.2, 0.25) is 0 Å². The first-order valence-corrected chi connectivity index (χ1v) is 6.26. The lowest BCUT2D eigenvalue weighted by atomic mass is 10.1. The van der Waals surface area contributed by atoms with Crippen LogP contribution in [-0.4, -0.2) is 43.2 Å². The molecule has 1 fully saturated rings. The Kier molecular flexibility index (Phi) is 2.99. The molecular formula is C8H17NO3S. The van der Waals surface area contributed by atoms with Crippen molar-refractivity contribution in [3.05, 3.63) is 0 Å². The van der Waals surface area contributed by atoms with Gasteiger partial charge in [-0.15, -0.1) is 0 Å². The zero-order chi connectivity index (χ0) is 10.1. The first kappa shape index (κ1) is 10.9. The standard InChI is InChI=1S/C8H17NO3S/c1-8(2,6-10)9-7-3-4-13(11,12)5-7/h7,9-10H,3-6H2,1-2H3/t7-/m1/s1. The van der Waals surface area contributed by atoms with Crippen molar-refractivity contribution in [1.82, 2.24) is 5.32 Å². The Balaban J connectivity index is 2.50. The highest BCUT2D eigenvalue weighted by Gasteiger charge is 2.31. The van der Waals surface area contributed by atoms with Crippen molar-refractivity contribution in [2.24, 2.45) is 0 Å². The van der Waals surface area contributed by atoms with Crippen molar-refractivity contribution < 1.29 is 13.5 Å². The van der Waals surface area contributed by atoms with Gasteiger partial charge in [0.1, 0.15) is 0 Å². The Morgan fingerprint density at radius 1 is 1.54 bits per heavy atom. The smallest absolute Gasteiger partial charge is 0.151 e. The third kappa shape index (κ3) is 3.25. The number of aliphatic hydroxyl groups is 1. The van der Waals surface area contributed by atoms with Gasteiger partial charge >= 0.3 is 0 Å². The van der Waals surface area contributed by atoms with Crippen LogP contribution in [0.4, 0.5) is 0 Å². The first-order chi connectivity index (χ1) is 5.85. The van der Waals surface area contributed by atoms with Crippen molar-refractivity contribution in [1.29, 1.82) is 0 Å². The summed E-state index contributed by atoms with van der Waals surface area (Å²) in [4.78, 5) is 0. The topological polar surface area (TPSA) is 66.4 Å². The first-order valence-electron chi connectivity index (χ1n) is 4.44. The monoisotopic (exact) mass is 207 g/mol. The molecule has 1 rings (SSSR count). The molecule has 0 unspecified atom stereocenters. The second-order valence-corrected chi connectivity index (χ2v) is 6.52. The van der Waals surface area contributed by atoms with Gasteiger partial charge in [0.05, 0.1) is 18.1 Å². The summed E-state index contributed by atoms with van der Waals surface area (Å²) in [5, 5.41) is 12.1. The highest BCUT2D eigenvalue weighted by atomic mass is 32.2. The minimum atomic E-state index is -2.82. The largest absolute Gasteiger partial charge is 0.394 e. The molecule has 0 saturated carbocycles. The van der Waals surface area contributed by atoms with Crippen LogP contribution >= 0.6 is 0 Å². The third-order valence-electron chi connectivity index (χ3n) is 2.22. The lowest BCUT2D eigenvalue weighted by Crippen LogP contribution is -2.48. The van der Waals surface area contributed by atoms with E-state index in [1.54, 1.807) is 0 Å². The number of sulfone groups is 1. The molecule has 1 heterocycles. The summed E-state index contributed by atoms with van der Waals surface area (Å²) >= 11 is 0. The quantitative estimate of drug-likeness (QED) is 0.657. The molecule has 0 amide bonds. The van der Waals surface area contributed by atoms with E-state index >= 15 is 0 Å². The fourth-order valence-corrected chi connectivity index (χ4v) is 3.18. The second-order valence-electron chi connectivity index (χ2n) is 4.29. The predicted molar refractivity (Wildman–Crippen MR) is 51.4 cm³/mol. The summed E-state index contributed by atoms with van der Waals surface area (Å²) < 4.78 is 22.2. The van der Waals surface area contributed by atoms with E-state index in [1.807, 2.05) is 13.8 Å². The van der Waals surface area contributed by atoms with E-state index in [-0.39, 0.29) is 29.7 Å². The molecule has 2 N–H and O–H groups in total. The SMILES string of the molecule is CC(C)(CO)N[C@@H]1CCS(=O)(=O)C1. The molecule has 78 valence electrons. The zero-order valence-corrected chi connectivity index (χ0v) is 8.89. The Labute approximate surface area is 79.3 Å². The molecule has 1 aliphatic rings. The molecule has 1 aliphatic heterocycles. The molecule has 1 atom stereocenters. The van der Waals surface area contributed by atoms with E-state index in [2.05, 4.69) is 5.32 Å². The van der Waals surface area contributed by atoms with Crippen LogP contribution in [0.5, 0.6) is 0 Å². The fraction of sp³-hybridized carbons (Fsp3) is 1.00. The van der Waals surface area contributed by atoms with Crippen LogP contribution < -0.4 is 5.32 Å². The number of rotatable bonds is 3. The van der Waals surface area contributed by atoms with Crippen molar-refractivity contribution in [3.63, 3.8) is 0 Å². The number of nitrogens with one attached hydrogen (secondary N) is 1. The number of hydrogen-bond donors (Lipinski definition) is 2. The van der Waals surface area contributed by atoms with Crippen molar-refractivity contribution in [3.8, 4) is 0 Å². The normalized spacial score (nSPS) is 27.8. The van der Waals surface area contributed by atoms with Crippen LogP contribution in [0.15, 0.2) is 0 Å². The van der Waals surface area contributed by atoms with Gasteiger partial charge in [0, 0.05) is 11.6 Å². The maximum atomic E-state index is 11.1.